The Bertz CT molecular complexity index is 1080. The number of rotatable bonds is 6. The maximum absolute atomic E-state index is 12.3. The summed E-state index contributed by atoms with van der Waals surface area (Å²) in [6.07, 6.45) is 4.60. The molecule has 2 atom stereocenters. The molecule has 2 saturated heterocycles. The van der Waals surface area contributed by atoms with E-state index in [9.17, 15) is 21.9 Å². The first-order chi connectivity index (χ1) is 16.1. The molecular formula is C20H38N8O5S2. The van der Waals surface area contributed by atoms with Gasteiger partial charge in [-0.1, -0.05) is 0 Å². The Morgan fingerprint density at radius 1 is 0.971 bits per heavy atom. The summed E-state index contributed by atoms with van der Waals surface area (Å²) in [5.41, 5.74) is 0.906. The van der Waals surface area contributed by atoms with Gasteiger partial charge in [0.05, 0.1) is 16.8 Å². The van der Waals surface area contributed by atoms with E-state index in [4.69, 9.17) is 5.14 Å². The van der Waals surface area contributed by atoms with Crippen molar-refractivity contribution in [3.8, 4) is 0 Å². The Hall–Kier alpha value is -1.88. The summed E-state index contributed by atoms with van der Waals surface area (Å²) in [6, 6.07) is 2.51. The molecule has 35 heavy (non-hydrogen) atoms. The molecule has 2 unspecified atom stereocenters. The number of likely N-dealkylation sites (N-methyl/N-ethyl adjacent to an activating group) is 4. The molecule has 1 aromatic rings. The van der Waals surface area contributed by atoms with Crippen LogP contribution in [0.15, 0.2) is 28.9 Å². The van der Waals surface area contributed by atoms with Gasteiger partial charge in [-0.15, -0.1) is 0 Å². The van der Waals surface area contributed by atoms with E-state index in [-0.39, 0.29) is 12.1 Å². The second kappa shape index (κ2) is 11.9. The fraction of sp³-hybridized carbons (Fsp3) is 0.700. The molecule has 2 aliphatic rings. The molecule has 0 aliphatic carbocycles. The summed E-state index contributed by atoms with van der Waals surface area (Å²) in [6.45, 7) is 3.18. The molecule has 1 aromatic heterocycles. The van der Waals surface area contributed by atoms with E-state index < -0.39 is 26.4 Å². The summed E-state index contributed by atoms with van der Waals surface area (Å²) in [4.78, 5) is 6.02. The molecule has 3 heterocycles. The van der Waals surface area contributed by atoms with Crippen molar-refractivity contribution in [3.63, 3.8) is 0 Å². The predicted molar refractivity (Wildman–Crippen MR) is 133 cm³/mol. The number of hydrogen-bond acceptors (Lipinski definition) is 8. The van der Waals surface area contributed by atoms with Crippen molar-refractivity contribution in [2.45, 2.75) is 24.9 Å². The molecule has 0 spiro atoms. The lowest BCUT2D eigenvalue weighted by molar-refractivity contribution is -0.613. The Balaban J connectivity index is 0.000000303. The highest BCUT2D eigenvalue weighted by Crippen LogP contribution is 2.16. The van der Waals surface area contributed by atoms with Gasteiger partial charge >= 0.3 is 10.2 Å². The quantitative estimate of drug-likeness (QED) is 0.236. The zero-order valence-corrected chi connectivity index (χ0v) is 22.9. The van der Waals surface area contributed by atoms with E-state index in [0.717, 1.165) is 42.7 Å². The van der Waals surface area contributed by atoms with E-state index in [0.29, 0.717) is 6.54 Å². The SMILES string of the molecule is CN1CCC(N(C)S(=O)(=O)N=C([O-])[n+]2ccc(N(C)C)cc2)C1.CN1CCC(N(C)S(N)(=O)=O)C1. The van der Waals surface area contributed by atoms with Gasteiger partial charge in [-0.2, -0.15) is 25.4 Å². The van der Waals surface area contributed by atoms with Gasteiger partial charge in [0.1, 0.15) is 0 Å². The zero-order valence-electron chi connectivity index (χ0n) is 21.3. The Morgan fingerprint density at radius 2 is 1.43 bits per heavy atom. The number of likely N-dealkylation sites (tertiary alicyclic amines) is 2. The Labute approximate surface area is 209 Å². The first-order valence-electron chi connectivity index (χ1n) is 11.2. The standard InChI is InChI=1S/C14H23N5O3S.C6H15N3O2S/c1-16(2)12-6-9-19(10-7-12)14(20)15-23(21,22)18(4)13-5-8-17(3)11-13;1-8-4-3-6(5-8)9(2)12(7,10)11/h6-7,9-10,13H,5,8,11H2,1-4H3;6H,3-5H2,1-2H3,(H2,7,10,11). The number of nitrogens with two attached hydrogens (primary N) is 1. The lowest BCUT2D eigenvalue weighted by Crippen LogP contribution is -2.52. The van der Waals surface area contributed by atoms with Crippen LogP contribution < -0.4 is 19.7 Å². The first-order valence-corrected chi connectivity index (χ1v) is 14.1. The molecule has 2 fully saturated rings. The third-order valence-electron chi connectivity index (χ3n) is 6.27. The molecule has 0 bridgehead atoms. The number of hydrogen-bond donors (Lipinski definition) is 1. The molecule has 2 N–H and O–H groups in total. The Morgan fingerprint density at radius 3 is 1.80 bits per heavy atom. The summed E-state index contributed by atoms with van der Waals surface area (Å²) in [5.74, 6) is 0. The van der Waals surface area contributed by atoms with E-state index in [1.54, 1.807) is 12.1 Å². The van der Waals surface area contributed by atoms with Crippen LogP contribution in [0, 0.1) is 0 Å². The summed E-state index contributed by atoms with van der Waals surface area (Å²) in [7, 11) is 3.16. The van der Waals surface area contributed by atoms with Crippen LogP contribution in [0.4, 0.5) is 5.69 Å². The third kappa shape index (κ3) is 8.34. The smallest absolute Gasteiger partial charge is 0.414 e. The summed E-state index contributed by atoms with van der Waals surface area (Å²) < 4.78 is 53.4. The van der Waals surface area contributed by atoms with Gasteiger partial charge in [-0.25, -0.2) is 9.71 Å². The van der Waals surface area contributed by atoms with E-state index in [2.05, 4.69) is 9.30 Å². The van der Waals surface area contributed by atoms with Crippen molar-refractivity contribution in [2.75, 3.05) is 73.4 Å². The second-order valence-electron chi connectivity index (χ2n) is 9.20. The van der Waals surface area contributed by atoms with Crippen LogP contribution in [0.2, 0.25) is 0 Å². The maximum atomic E-state index is 12.3. The first kappa shape index (κ1) is 29.4. The van der Waals surface area contributed by atoms with Crippen LogP contribution in [-0.4, -0.2) is 122 Å². The van der Waals surface area contributed by atoms with Gasteiger partial charge in [-0.05, 0) is 40.0 Å². The number of nitrogens with zero attached hydrogens (tertiary/aromatic N) is 7. The van der Waals surface area contributed by atoms with Crippen LogP contribution in [0.1, 0.15) is 12.8 Å². The second-order valence-corrected chi connectivity index (χ2v) is 12.5. The van der Waals surface area contributed by atoms with E-state index >= 15 is 0 Å². The summed E-state index contributed by atoms with van der Waals surface area (Å²) >= 11 is 0. The highest BCUT2D eigenvalue weighted by molar-refractivity contribution is 7.88. The van der Waals surface area contributed by atoms with Gasteiger partial charge < -0.3 is 19.8 Å². The summed E-state index contributed by atoms with van der Waals surface area (Å²) in [5, 5.41) is 17.1. The van der Waals surface area contributed by atoms with Gasteiger partial charge in [0.25, 0.3) is 16.2 Å². The van der Waals surface area contributed by atoms with Crippen molar-refractivity contribution in [2.24, 2.45) is 9.54 Å². The number of pyridine rings is 1. The predicted octanol–water partition coefficient (Wildman–Crippen LogP) is -2.69. The molecule has 2 aliphatic heterocycles. The van der Waals surface area contributed by atoms with Gasteiger partial charge in [0.2, 0.25) is 0 Å². The van der Waals surface area contributed by atoms with Gasteiger partial charge in [0, 0.05) is 71.2 Å². The van der Waals surface area contributed by atoms with Crippen molar-refractivity contribution in [3.05, 3.63) is 24.5 Å². The Kier molecular flexibility index (Phi) is 9.98. The minimum Gasteiger partial charge on any atom is -0.806 e. The number of anilines is 1. The fourth-order valence-corrected chi connectivity index (χ4v) is 5.42. The molecule has 0 amide bonds. The molecule has 0 aromatic carbocycles. The highest BCUT2D eigenvalue weighted by Gasteiger charge is 2.34. The normalized spacial score (nSPS) is 22.5. The highest BCUT2D eigenvalue weighted by atomic mass is 32.2. The van der Waals surface area contributed by atoms with Crippen molar-refractivity contribution in [1.82, 2.24) is 18.4 Å². The molecule has 3 rings (SSSR count). The van der Waals surface area contributed by atoms with Crippen LogP contribution in [-0.2, 0) is 20.4 Å². The minimum absolute atomic E-state index is 0.0463. The number of aromatic nitrogens is 1. The van der Waals surface area contributed by atoms with Crippen LogP contribution in [0.25, 0.3) is 0 Å². The zero-order chi connectivity index (χ0) is 26.6. The van der Waals surface area contributed by atoms with Crippen molar-refractivity contribution >= 4 is 32.1 Å². The third-order valence-corrected chi connectivity index (χ3v) is 8.78. The van der Waals surface area contributed by atoms with Crippen molar-refractivity contribution < 1.29 is 26.5 Å². The molecule has 0 saturated carbocycles. The topological polar surface area (TPSA) is 150 Å². The van der Waals surface area contributed by atoms with Gasteiger partial charge in [-0.3, -0.25) is 0 Å². The lowest BCUT2D eigenvalue weighted by Gasteiger charge is -2.20. The lowest BCUT2D eigenvalue weighted by atomic mass is 10.3. The van der Waals surface area contributed by atoms with Gasteiger partial charge in [0.15, 0.2) is 0 Å². The molecule has 13 nitrogen and oxygen atoms in total. The minimum atomic E-state index is -3.99. The van der Waals surface area contributed by atoms with Crippen LogP contribution in [0.5, 0.6) is 0 Å². The van der Waals surface area contributed by atoms with E-state index in [1.165, 1.54) is 35.1 Å². The molecular weight excluding hydrogens is 496 g/mol. The maximum Gasteiger partial charge on any atom is 0.414 e. The largest absolute Gasteiger partial charge is 0.806 e. The average Bonchev–Trinajstić information content (AvgIpc) is 3.40. The molecule has 15 heteroatoms. The van der Waals surface area contributed by atoms with Crippen LogP contribution in [0.3, 0.4) is 0 Å². The van der Waals surface area contributed by atoms with Crippen molar-refractivity contribution in [1.29, 1.82) is 0 Å². The van der Waals surface area contributed by atoms with E-state index in [1.807, 2.05) is 38.0 Å². The fourth-order valence-electron chi connectivity index (χ4n) is 3.87. The molecule has 0 radical (unpaired) electrons. The average molecular weight is 535 g/mol. The van der Waals surface area contributed by atoms with Crippen LogP contribution >= 0.6 is 0 Å². The monoisotopic (exact) mass is 534 g/mol. The molecule has 200 valence electrons.